The molecule has 0 spiro atoms. The van der Waals surface area contributed by atoms with Crippen molar-refractivity contribution >= 4 is 5.91 Å². The van der Waals surface area contributed by atoms with Gasteiger partial charge in [-0.25, -0.2) is 5.32 Å². The third kappa shape index (κ3) is 1.85. The summed E-state index contributed by atoms with van der Waals surface area (Å²) in [6.07, 6.45) is 2.32. The Morgan fingerprint density at radius 3 is 2.23 bits per heavy atom. The van der Waals surface area contributed by atoms with Gasteiger partial charge in [0.2, 0.25) is 5.91 Å². The van der Waals surface area contributed by atoms with Crippen LogP contribution >= 0.6 is 0 Å². The molecule has 13 heavy (non-hydrogen) atoms. The summed E-state index contributed by atoms with van der Waals surface area (Å²) in [5, 5.41) is 4.44. The van der Waals surface area contributed by atoms with E-state index in [1.807, 2.05) is 4.90 Å². The SMILES string of the molecule is CC(=O)N1CCC2C[N]CC2CC1. The zero-order valence-corrected chi connectivity index (χ0v) is 8.20. The van der Waals surface area contributed by atoms with Crippen molar-refractivity contribution in [2.75, 3.05) is 26.2 Å². The molecule has 2 heterocycles. The number of rotatable bonds is 0. The molecule has 0 aromatic carbocycles. The second-order valence-corrected chi connectivity index (χ2v) is 4.19. The molecule has 1 amide bonds. The topological polar surface area (TPSA) is 34.4 Å². The summed E-state index contributed by atoms with van der Waals surface area (Å²) in [5.41, 5.74) is 0. The van der Waals surface area contributed by atoms with E-state index in [-0.39, 0.29) is 5.91 Å². The van der Waals surface area contributed by atoms with Crippen molar-refractivity contribution in [2.24, 2.45) is 11.8 Å². The summed E-state index contributed by atoms with van der Waals surface area (Å²) in [6, 6.07) is 0. The molecular weight excluding hydrogens is 164 g/mol. The van der Waals surface area contributed by atoms with Gasteiger partial charge in [-0.15, -0.1) is 0 Å². The number of carbonyl (C=O) groups excluding carboxylic acids is 1. The van der Waals surface area contributed by atoms with Crippen molar-refractivity contribution in [2.45, 2.75) is 19.8 Å². The van der Waals surface area contributed by atoms with Crippen LogP contribution in [0.3, 0.4) is 0 Å². The summed E-state index contributed by atoms with van der Waals surface area (Å²) < 4.78 is 0. The first kappa shape index (κ1) is 9.00. The first-order valence-electron chi connectivity index (χ1n) is 5.16. The minimum atomic E-state index is 0.233. The average Bonchev–Trinajstić information content (AvgIpc) is 2.44. The molecule has 0 aromatic heterocycles. The van der Waals surface area contributed by atoms with E-state index in [0.29, 0.717) is 0 Å². The van der Waals surface area contributed by atoms with E-state index in [1.54, 1.807) is 6.92 Å². The first-order valence-corrected chi connectivity index (χ1v) is 5.16. The second kappa shape index (κ2) is 3.66. The molecule has 2 rings (SSSR count). The number of fused-ring (bicyclic) bond motifs is 1. The van der Waals surface area contributed by atoms with E-state index >= 15 is 0 Å². The molecular formula is C10H17N2O. The van der Waals surface area contributed by atoms with Crippen LogP contribution in [0.2, 0.25) is 0 Å². The highest BCUT2D eigenvalue weighted by Crippen LogP contribution is 2.27. The van der Waals surface area contributed by atoms with Gasteiger partial charge in [-0.1, -0.05) is 0 Å². The van der Waals surface area contributed by atoms with Crippen LogP contribution in [0.5, 0.6) is 0 Å². The minimum absolute atomic E-state index is 0.233. The molecule has 1 radical (unpaired) electrons. The smallest absolute Gasteiger partial charge is 0.219 e. The molecule has 73 valence electrons. The van der Waals surface area contributed by atoms with E-state index in [2.05, 4.69) is 5.32 Å². The lowest BCUT2D eigenvalue weighted by Crippen LogP contribution is -2.30. The lowest BCUT2D eigenvalue weighted by Gasteiger charge is -2.18. The quantitative estimate of drug-likeness (QED) is 0.535. The van der Waals surface area contributed by atoms with Crippen LogP contribution in [0.1, 0.15) is 19.8 Å². The summed E-state index contributed by atoms with van der Waals surface area (Å²) >= 11 is 0. The number of amides is 1. The highest BCUT2D eigenvalue weighted by Gasteiger charge is 2.31. The molecule has 2 unspecified atom stereocenters. The highest BCUT2D eigenvalue weighted by atomic mass is 16.2. The van der Waals surface area contributed by atoms with Gasteiger partial charge in [0.1, 0.15) is 0 Å². The van der Waals surface area contributed by atoms with Crippen LogP contribution in [0.25, 0.3) is 0 Å². The van der Waals surface area contributed by atoms with Crippen molar-refractivity contribution < 1.29 is 4.79 Å². The highest BCUT2D eigenvalue weighted by molar-refractivity contribution is 5.73. The molecule has 2 aliphatic rings. The monoisotopic (exact) mass is 181 g/mol. The van der Waals surface area contributed by atoms with Crippen LogP contribution in [-0.4, -0.2) is 37.0 Å². The van der Waals surface area contributed by atoms with Crippen molar-refractivity contribution in [1.82, 2.24) is 10.2 Å². The fourth-order valence-electron chi connectivity index (χ4n) is 2.43. The molecule has 0 bridgehead atoms. The van der Waals surface area contributed by atoms with Crippen molar-refractivity contribution in [1.29, 1.82) is 0 Å². The maximum atomic E-state index is 11.2. The van der Waals surface area contributed by atoms with Gasteiger partial charge >= 0.3 is 0 Å². The first-order chi connectivity index (χ1) is 6.27. The minimum Gasteiger partial charge on any atom is -0.343 e. The normalized spacial score (nSPS) is 34.1. The Hall–Kier alpha value is -0.570. The molecule has 0 aromatic rings. The van der Waals surface area contributed by atoms with E-state index in [9.17, 15) is 4.79 Å². The third-order valence-corrected chi connectivity index (χ3v) is 3.38. The molecule has 3 nitrogen and oxygen atoms in total. The van der Waals surface area contributed by atoms with Gasteiger partial charge in [-0.2, -0.15) is 0 Å². The predicted molar refractivity (Wildman–Crippen MR) is 50.3 cm³/mol. The lowest BCUT2D eigenvalue weighted by molar-refractivity contribution is -0.128. The summed E-state index contributed by atoms with van der Waals surface area (Å²) in [5.74, 6) is 1.77. The fraction of sp³-hybridized carbons (Fsp3) is 0.900. The maximum Gasteiger partial charge on any atom is 0.219 e. The molecule has 0 N–H and O–H groups in total. The van der Waals surface area contributed by atoms with Gasteiger partial charge < -0.3 is 4.90 Å². The predicted octanol–water partition coefficient (Wildman–Crippen LogP) is 0.479. The standard InChI is InChI=1S/C10H17N2O/c1-8(13)12-4-2-9-6-11-7-10(9)3-5-12/h9-10H,2-7H2,1H3. The average molecular weight is 181 g/mol. The number of hydrogen-bond acceptors (Lipinski definition) is 1. The Labute approximate surface area is 79.5 Å². The largest absolute Gasteiger partial charge is 0.343 e. The molecule has 2 aliphatic heterocycles. The Morgan fingerprint density at radius 2 is 1.77 bits per heavy atom. The van der Waals surface area contributed by atoms with Crippen molar-refractivity contribution in [3.05, 3.63) is 0 Å². The van der Waals surface area contributed by atoms with Crippen LogP contribution in [0.15, 0.2) is 0 Å². The van der Waals surface area contributed by atoms with Crippen molar-refractivity contribution in [3.63, 3.8) is 0 Å². The Morgan fingerprint density at radius 1 is 1.23 bits per heavy atom. The molecule has 3 heteroatoms. The van der Waals surface area contributed by atoms with Crippen LogP contribution in [-0.2, 0) is 4.79 Å². The van der Waals surface area contributed by atoms with Gasteiger partial charge in [-0.05, 0) is 24.7 Å². The second-order valence-electron chi connectivity index (χ2n) is 4.19. The summed E-state index contributed by atoms with van der Waals surface area (Å²) in [4.78, 5) is 13.2. The molecule has 2 atom stereocenters. The van der Waals surface area contributed by atoms with Gasteiger partial charge in [0.25, 0.3) is 0 Å². The van der Waals surface area contributed by atoms with E-state index in [0.717, 1.165) is 50.9 Å². The van der Waals surface area contributed by atoms with Crippen molar-refractivity contribution in [3.8, 4) is 0 Å². The van der Waals surface area contributed by atoms with E-state index < -0.39 is 0 Å². The number of carbonyl (C=O) groups is 1. The summed E-state index contributed by atoms with van der Waals surface area (Å²) in [7, 11) is 0. The Bertz CT molecular complexity index is 191. The lowest BCUT2D eigenvalue weighted by atomic mass is 9.92. The Balaban J connectivity index is 1.95. The Kier molecular flexibility index (Phi) is 2.54. The van der Waals surface area contributed by atoms with Crippen LogP contribution < -0.4 is 5.32 Å². The number of nitrogens with zero attached hydrogens (tertiary/aromatic N) is 2. The fourth-order valence-corrected chi connectivity index (χ4v) is 2.43. The van der Waals surface area contributed by atoms with Crippen LogP contribution in [0, 0.1) is 11.8 Å². The van der Waals surface area contributed by atoms with E-state index in [1.165, 1.54) is 0 Å². The van der Waals surface area contributed by atoms with Gasteiger partial charge in [-0.3, -0.25) is 4.79 Å². The molecule has 0 aliphatic carbocycles. The third-order valence-electron chi connectivity index (χ3n) is 3.38. The van der Waals surface area contributed by atoms with Gasteiger partial charge in [0.15, 0.2) is 0 Å². The summed E-state index contributed by atoms with van der Waals surface area (Å²) in [6.45, 7) is 5.65. The van der Waals surface area contributed by atoms with Gasteiger partial charge in [0, 0.05) is 33.1 Å². The van der Waals surface area contributed by atoms with E-state index in [4.69, 9.17) is 0 Å². The zero-order chi connectivity index (χ0) is 9.26. The number of likely N-dealkylation sites (tertiary alicyclic amines) is 1. The molecule has 0 saturated carbocycles. The van der Waals surface area contributed by atoms with Crippen LogP contribution in [0.4, 0.5) is 0 Å². The maximum absolute atomic E-state index is 11.2. The molecule has 2 saturated heterocycles. The zero-order valence-electron chi connectivity index (χ0n) is 8.20. The van der Waals surface area contributed by atoms with Gasteiger partial charge in [0.05, 0.1) is 0 Å². The molecule has 2 fully saturated rings. The number of hydrogen-bond donors (Lipinski definition) is 0.